The number of nitrogens with one attached hydrogen (secondary N) is 1. The van der Waals surface area contributed by atoms with Crippen LogP contribution in [0.3, 0.4) is 0 Å². The summed E-state index contributed by atoms with van der Waals surface area (Å²) < 4.78 is 30.6. The number of amides is 1. The maximum absolute atomic E-state index is 13.1. The van der Waals surface area contributed by atoms with Crippen LogP contribution in [0, 0.1) is 0 Å². The molecule has 0 bridgehead atoms. The quantitative estimate of drug-likeness (QED) is 0.633. The minimum atomic E-state index is -3.06. The molecule has 31 heavy (non-hydrogen) atoms. The third-order valence-electron chi connectivity index (χ3n) is 5.82. The van der Waals surface area contributed by atoms with Gasteiger partial charge in [0.2, 0.25) is 5.82 Å². The number of anilines is 1. The predicted octanol–water partition coefficient (Wildman–Crippen LogP) is 3.08. The number of carbonyl (C=O) groups is 1. The summed E-state index contributed by atoms with van der Waals surface area (Å²) in [6, 6.07) is 6.72. The van der Waals surface area contributed by atoms with Crippen LogP contribution >= 0.6 is 11.6 Å². The summed E-state index contributed by atoms with van der Waals surface area (Å²) in [6.07, 6.45) is 3.99. The average molecular weight is 462 g/mol. The summed E-state index contributed by atoms with van der Waals surface area (Å²) in [5, 5.41) is 15.6. The molecule has 9 nitrogen and oxygen atoms in total. The molecule has 1 N–H and O–H groups in total. The molecular formula is C20H20ClN5O4S. The summed E-state index contributed by atoms with van der Waals surface area (Å²) in [5.41, 5.74) is 3.25. The Morgan fingerprint density at radius 3 is 2.68 bits per heavy atom. The molecule has 11 heteroatoms. The largest absolute Gasteiger partial charge is 0.300 e. The molecule has 1 aromatic carbocycles. The zero-order valence-electron chi connectivity index (χ0n) is 16.5. The Bertz CT molecular complexity index is 1250. The lowest BCUT2D eigenvalue weighted by Gasteiger charge is -2.17. The fourth-order valence-electron chi connectivity index (χ4n) is 4.31. The van der Waals surface area contributed by atoms with Crippen molar-refractivity contribution in [1.29, 1.82) is 0 Å². The summed E-state index contributed by atoms with van der Waals surface area (Å²) in [7, 11) is -3.06. The lowest BCUT2D eigenvalue weighted by Crippen LogP contribution is -2.17. The second-order valence-corrected chi connectivity index (χ2v) is 10.6. The van der Waals surface area contributed by atoms with Crippen molar-refractivity contribution < 1.29 is 17.8 Å². The van der Waals surface area contributed by atoms with Gasteiger partial charge in [-0.05, 0) is 54.6 Å². The normalized spacial score (nSPS) is 19.8. The van der Waals surface area contributed by atoms with Crippen LogP contribution in [0.2, 0.25) is 5.02 Å². The number of rotatable bonds is 4. The van der Waals surface area contributed by atoms with E-state index in [4.69, 9.17) is 16.2 Å². The highest BCUT2D eigenvalue weighted by Gasteiger charge is 2.34. The van der Waals surface area contributed by atoms with Crippen LogP contribution in [0.4, 0.5) is 5.82 Å². The molecule has 1 amide bonds. The van der Waals surface area contributed by atoms with Crippen molar-refractivity contribution in [3.63, 3.8) is 0 Å². The number of aromatic nitrogens is 4. The molecule has 1 fully saturated rings. The number of carbonyl (C=O) groups excluding carboxylic acids is 1. The van der Waals surface area contributed by atoms with Gasteiger partial charge in [-0.25, -0.2) is 13.0 Å². The molecule has 1 aliphatic carbocycles. The predicted molar refractivity (Wildman–Crippen MR) is 114 cm³/mol. The van der Waals surface area contributed by atoms with Crippen molar-refractivity contribution in [1.82, 2.24) is 20.1 Å². The molecule has 2 aliphatic rings. The second-order valence-electron chi connectivity index (χ2n) is 7.90. The molecule has 3 heterocycles. The van der Waals surface area contributed by atoms with Gasteiger partial charge < -0.3 is 5.32 Å². The summed E-state index contributed by atoms with van der Waals surface area (Å²) >= 11 is 5.94. The number of hydrogen-bond donors (Lipinski definition) is 1. The van der Waals surface area contributed by atoms with Crippen molar-refractivity contribution in [2.45, 2.75) is 38.1 Å². The highest BCUT2D eigenvalue weighted by atomic mass is 35.5. The maximum Gasteiger partial charge on any atom is 0.277 e. The van der Waals surface area contributed by atoms with Gasteiger partial charge >= 0.3 is 0 Å². The lowest BCUT2D eigenvalue weighted by molar-refractivity contribution is 0.101. The number of halogens is 1. The smallest absolute Gasteiger partial charge is 0.277 e. The van der Waals surface area contributed by atoms with Crippen LogP contribution in [-0.4, -0.2) is 45.9 Å². The zero-order valence-corrected chi connectivity index (χ0v) is 18.1. The zero-order chi connectivity index (χ0) is 21.6. The Balaban J connectivity index is 1.46. The molecule has 1 saturated heterocycles. The van der Waals surface area contributed by atoms with Crippen molar-refractivity contribution in [2.24, 2.45) is 0 Å². The van der Waals surface area contributed by atoms with Gasteiger partial charge in [0.1, 0.15) is 0 Å². The lowest BCUT2D eigenvalue weighted by atomic mass is 9.95. The molecular weight excluding hydrogens is 442 g/mol. The maximum atomic E-state index is 13.1. The second kappa shape index (κ2) is 7.76. The van der Waals surface area contributed by atoms with Crippen molar-refractivity contribution in [2.75, 3.05) is 16.8 Å². The molecule has 0 saturated carbocycles. The number of fused-ring (bicyclic) bond motifs is 1. The van der Waals surface area contributed by atoms with E-state index in [0.717, 1.165) is 36.9 Å². The first kappa shape index (κ1) is 20.2. The molecule has 0 radical (unpaired) electrons. The van der Waals surface area contributed by atoms with Gasteiger partial charge in [-0.15, -0.1) is 0 Å². The first-order valence-corrected chi connectivity index (χ1v) is 12.3. The topological polar surface area (TPSA) is 120 Å². The Morgan fingerprint density at radius 1 is 1.16 bits per heavy atom. The van der Waals surface area contributed by atoms with Gasteiger partial charge in [0, 0.05) is 21.8 Å². The molecule has 1 atom stereocenters. The minimum absolute atomic E-state index is 0.0656. The molecule has 2 aromatic heterocycles. The number of benzene rings is 1. The molecule has 5 rings (SSSR count). The van der Waals surface area contributed by atoms with E-state index in [9.17, 15) is 13.2 Å². The van der Waals surface area contributed by atoms with Gasteiger partial charge in [-0.2, -0.15) is 5.10 Å². The van der Waals surface area contributed by atoms with Gasteiger partial charge in [-0.3, -0.25) is 9.48 Å². The molecule has 0 spiro atoms. The Hall–Kier alpha value is -2.72. The van der Waals surface area contributed by atoms with E-state index in [1.807, 2.05) is 0 Å². The molecule has 1 aliphatic heterocycles. The fourth-order valence-corrected chi connectivity index (χ4v) is 6.13. The van der Waals surface area contributed by atoms with Crippen molar-refractivity contribution in [3.8, 4) is 11.3 Å². The first-order valence-electron chi connectivity index (χ1n) is 10.1. The molecule has 162 valence electrons. The van der Waals surface area contributed by atoms with Crippen LogP contribution in [0.5, 0.6) is 0 Å². The van der Waals surface area contributed by atoms with E-state index in [-0.39, 0.29) is 23.4 Å². The Labute approximate surface area is 183 Å². The number of hydrogen-bond acceptors (Lipinski definition) is 7. The highest BCUT2D eigenvalue weighted by Crippen LogP contribution is 2.32. The van der Waals surface area contributed by atoms with Crippen LogP contribution in [0.1, 0.15) is 47.1 Å². The van der Waals surface area contributed by atoms with Crippen LogP contribution in [0.15, 0.2) is 28.9 Å². The van der Waals surface area contributed by atoms with Gasteiger partial charge in [0.15, 0.2) is 21.2 Å². The van der Waals surface area contributed by atoms with Crippen molar-refractivity contribution >= 4 is 33.2 Å². The summed E-state index contributed by atoms with van der Waals surface area (Å²) in [4.78, 5) is 13.1. The highest BCUT2D eigenvalue weighted by molar-refractivity contribution is 7.91. The fraction of sp³-hybridized carbons (Fsp3) is 0.400. The standard InChI is InChI=1S/C20H20ClN5O4S/c21-13-7-5-12(6-8-13)17-19(25-30-24-17)22-20(27)18-15-3-1-2-4-16(15)26(23-18)14-9-10-31(28,29)11-14/h5-8,14H,1-4,9-11H2,(H,22,25,27). The van der Waals surface area contributed by atoms with Crippen LogP contribution < -0.4 is 5.32 Å². The third kappa shape index (κ3) is 3.85. The third-order valence-corrected chi connectivity index (χ3v) is 7.82. The summed E-state index contributed by atoms with van der Waals surface area (Å²) in [5.74, 6) is -0.00235. The van der Waals surface area contributed by atoms with E-state index in [2.05, 4.69) is 20.7 Å². The number of sulfone groups is 1. The molecule has 3 aromatic rings. The summed E-state index contributed by atoms with van der Waals surface area (Å²) in [6.45, 7) is 0. The molecule has 1 unspecified atom stereocenters. The minimum Gasteiger partial charge on any atom is -0.300 e. The van der Waals surface area contributed by atoms with Gasteiger partial charge in [0.05, 0.1) is 17.5 Å². The monoisotopic (exact) mass is 461 g/mol. The first-order chi connectivity index (χ1) is 14.9. The van der Waals surface area contributed by atoms with E-state index >= 15 is 0 Å². The van der Waals surface area contributed by atoms with Crippen LogP contribution in [-0.2, 0) is 22.7 Å². The average Bonchev–Trinajstić information content (AvgIpc) is 3.45. The van der Waals surface area contributed by atoms with Gasteiger partial charge in [-0.1, -0.05) is 23.7 Å². The van der Waals surface area contributed by atoms with Gasteiger partial charge in [0.25, 0.3) is 5.91 Å². The van der Waals surface area contributed by atoms with E-state index in [1.165, 1.54) is 0 Å². The van der Waals surface area contributed by atoms with Crippen molar-refractivity contribution in [3.05, 3.63) is 46.2 Å². The van der Waals surface area contributed by atoms with E-state index < -0.39 is 15.7 Å². The SMILES string of the molecule is O=C(Nc1nonc1-c1ccc(Cl)cc1)c1nn(C2CCS(=O)(=O)C2)c2c1CCCC2. The Morgan fingerprint density at radius 2 is 1.94 bits per heavy atom. The van der Waals surface area contributed by atoms with E-state index in [1.54, 1.807) is 28.9 Å². The number of nitrogens with zero attached hydrogens (tertiary/aromatic N) is 4. The van der Waals surface area contributed by atoms with Crippen LogP contribution in [0.25, 0.3) is 11.3 Å². The van der Waals surface area contributed by atoms with E-state index in [0.29, 0.717) is 28.4 Å². The Kier molecular flexibility index (Phi) is 5.05.